The van der Waals surface area contributed by atoms with E-state index in [-0.39, 0.29) is 11.3 Å². The monoisotopic (exact) mass is 349 g/mol. The van der Waals surface area contributed by atoms with Gasteiger partial charge in [0.05, 0.1) is 12.7 Å². The minimum absolute atomic E-state index is 0.255. The van der Waals surface area contributed by atoms with Crippen molar-refractivity contribution in [3.63, 3.8) is 0 Å². The third-order valence-electron chi connectivity index (χ3n) is 4.45. The molecule has 25 heavy (non-hydrogen) atoms. The normalized spacial score (nSPS) is 19.3. The zero-order valence-electron chi connectivity index (χ0n) is 13.7. The summed E-state index contributed by atoms with van der Waals surface area (Å²) in [6, 6.07) is 7.36. The highest BCUT2D eigenvalue weighted by Gasteiger charge is 2.39. The van der Waals surface area contributed by atoms with Crippen LogP contribution in [0.15, 0.2) is 36.5 Å². The molecule has 132 valence electrons. The molecule has 0 bridgehead atoms. The number of aryl methyl sites for hydroxylation is 1. The van der Waals surface area contributed by atoms with Crippen molar-refractivity contribution in [3.05, 3.63) is 64.3 Å². The first kappa shape index (κ1) is 17.2. The molecule has 0 amide bonds. The van der Waals surface area contributed by atoms with Crippen molar-refractivity contribution in [1.82, 2.24) is 5.32 Å². The zero-order chi connectivity index (χ0) is 18.4. The van der Waals surface area contributed by atoms with E-state index in [0.29, 0.717) is 16.8 Å². The molecule has 1 aliphatic rings. The molecule has 1 unspecified atom stereocenters. The van der Waals surface area contributed by atoms with Crippen LogP contribution in [0.3, 0.4) is 0 Å². The number of nitrogens with one attached hydrogen (secondary N) is 1. The topological polar surface area (TPSA) is 73.3 Å². The van der Waals surface area contributed by atoms with Crippen molar-refractivity contribution in [1.29, 1.82) is 0 Å². The SMILES string of the molecule is COc1ccc(C2(N)NC=Cc3c2ccc(C)c3N)cc1C(F)(F)F. The number of benzene rings is 2. The first-order valence-corrected chi connectivity index (χ1v) is 7.57. The molecule has 0 radical (unpaired) electrons. The largest absolute Gasteiger partial charge is 0.496 e. The second-order valence-corrected chi connectivity index (χ2v) is 5.96. The number of hydrogen-bond acceptors (Lipinski definition) is 4. The number of hydrogen-bond donors (Lipinski definition) is 3. The quantitative estimate of drug-likeness (QED) is 0.727. The summed E-state index contributed by atoms with van der Waals surface area (Å²) in [6.07, 6.45) is -1.20. The number of ether oxygens (including phenoxy) is 1. The molecule has 0 aliphatic carbocycles. The van der Waals surface area contributed by atoms with E-state index in [2.05, 4.69) is 5.32 Å². The Hall–Kier alpha value is -2.67. The van der Waals surface area contributed by atoms with Gasteiger partial charge in [0.15, 0.2) is 0 Å². The van der Waals surface area contributed by atoms with Gasteiger partial charge in [-0.3, -0.25) is 0 Å². The fourth-order valence-electron chi connectivity index (χ4n) is 3.02. The van der Waals surface area contributed by atoms with E-state index in [1.165, 1.54) is 19.2 Å². The lowest BCUT2D eigenvalue weighted by atomic mass is 9.84. The molecule has 2 aromatic carbocycles. The number of rotatable bonds is 2. The van der Waals surface area contributed by atoms with Crippen molar-refractivity contribution < 1.29 is 17.9 Å². The van der Waals surface area contributed by atoms with Crippen LogP contribution in [-0.4, -0.2) is 7.11 Å². The molecule has 1 aliphatic heterocycles. The number of alkyl halides is 3. The van der Waals surface area contributed by atoms with Gasteiger partial charge in [0.25, 0.3) is 0 Å². The summed E-state index contributed by atoms with van der Waals surface area (Å²) in [5, 5.41) is 2.96. The fourth-order valence-corrected chi connectivity index (χ4v) is 3.02. The predicted octanol–water partition coefficient (Wildman–Crippen LogP) is 3.34. The van der Waals surface area contributed by atoms with Gasteiger partial charge in [0, 0.05) is 16.8 Å². The molecule has 0 saturated heterocycles. The van der Waals surface area contributed by atoms with E-state index in [1.54, 1.807) is 24.4 Å². The molecule has 0 aromatic heterocycles. The molecule has 3 rings (SSSR count). The van der Waals surface area contributed by atoms with Gasteiger partial charge in [0.2, 0.25) is 0 Å². The van der Waals surface area contributed by atoms with Crippen LogP contribution < -0.4 is 21.5 Å². The minimum Gasteiger partial charge on any atom is -0.496 e. The Balaban J connectivity index is 2.21. The summed E-state index contributed by atoms with van der Waals surface area (Å²) >= 11 is 0. The second-order valence-electron chi connectivity index (χ2n) is 5.96. The zero-order valence-corrected chi connectivity index (χ0v) is 13.7. The van der Waals surface area contributed by atoms with Crippen molar-refractivity contribution in [2.45, 2.75) is 18.8 Å². The summed E-state index contributed by atoms with van der Waals surface area (Å²) < 4.78 is 44.9. The highest BCUT2D eigenvalue weighted by atomic mass is 19.4. The van der Waals surface area contributed by atoms with E-state index in [0.717, 1.165) is 11.6 Å². The number of anilines is 1. The van der Waals surface area contributed by atoms with Crippen LogP contribution in [0.2, 0.25) is 0 Å². The molecule has 4 nitrogen and oxygen atoms in total. The molecular weight excluding hydrogens is 331 g/mol. The summed E-state index contributed by atoms with van der Waals surface area (Å²) in [6.45, 7) is 1.86. The average Bonchev–Trinajstić information content (AvgIpc) is 2.57. The lowest BCUT2D eigenvalue weighted by Crippen LogP contribution is -2.51. The van der Waals surface area contributed by atoms with E-state index in [9.17, 15) is 13.2 Å². The molecule has 0 saturated carbocycles. The van der Waals surface area contributed by atoms with Crippen LogP contribution in [0.4, 0.5) is 18.9 Å². The molecule has 0 fully saturated rings. The Morgan fingerprint density at radius 2 is 1.88 bits per heavy atom. The Bertz CT molecular complexity index is 861. The van der Waals surface area contributed by atoms with E-state index in [4.69, 9.17) is 16.2 Å². The highest BCUT2D eigenvalue weighted by Crippen LogP contribution is 2.41. The molecule has 1 atom stereocenters. The Labute approximate surface area is 143 Å². The van der Waals surface area contributed by atoms with E-state index < -0.39 is 17.4 Å². The maximum absolute atomic E-state index is 13.3. The predicted molar refractivity (Wildman–Crippen MR) is 90.7 cm³/mol. The fraction of sp³-hybridized carbons (Fsp3) is 0.222. The number of halogens is 3. The van der Waals surface area contributed by atoms with Crippen LogP contribution in [0.1, 0.15) is 27.8 Å². The molecule has 7 heteroatoms. The van der Waals surface area contributed by atoms with E-state index >= 15 is 0 Å². The van der Waals surface area contributed by atoms with Crippen LogP contribution in [0, 0.1) is 6.92 Å². The molecule has 0 spiro atoms. The lowest BCUT2D eigenvalue weighted by molar-refractivity contribution is -0.138. The van der Waals surface area contributed by atoms with Crippen LogP contribution in [0.25, 0.3) is 6.08 Å². The molecule has 5 N–H and O–H groups in total. The standard InChI is InChI=1S/C18H18F3N3O/c1-10-3-5-13-12(16(10)22)7-8-24-17(13,23)11-4-6-15(25-2)14(9-11)18(19,20)21/h3-9,24H,22-23H2,1-2H3. The maximum Gasteiger partial charge on any atom is 0.419 e. The van der Waals surface area contributed by atoms with Crippen molar-refractivity contribution >= 4 is 11.8 Å². The van der Waals surface area contributed by atoms with Crippen LogP contribution in [0.5, 0.6) is 5.75 Å². The van der Waals surface area contributed by atoms with Gasteiger partial charge in [0.1, 0.15) is 11.4 Å². The number of fused-ring (bicyclic) bond motifs is 1. The Morgan fingerprint density at radius 1 is 1.16 bits per heavy atom. The molecule has 1 heterocycles. The van der Waals surface area contributed by atoms with Gasteiger partial charge in [-0.1, -0.05) is 18.2 Å². The average molecular weight is 349 g/mol. The third kappa shape index (κ3) is 2.70. The van der Waals surface area contributed by atoms with Crippen LogP contribution >= 0.6 is 0 Å². The second kappa shape index (κ2) is 5.70. The lowest BCUT2D eigenvalue weighted by Gasteiger charge is -2.36. The summed E-state index contributed by atoms with van der Waals surface area (Å²) in [5.74, 6) is -0.255. The first-order chi connectivity index (χ1) is 11.7. The smallest absolute Gasteiger partial charge is 0.419 e. The molecular formula is C18H18F3N3O. The van der Waals surface area contributed by atoms with Gasteiger partial charge in [-0.05, 0) is 42.5 Å². The first-order valence-electron chi connectivity index (χ1n) is 7.57. The number of nitrogen functional groups attached to an aromatic ring is 1. The Morgan fingerprint density at radius 3 is 2.52 bits per heavy atom. The van der Waals surface area contributed by atoms with Gasteiger partial charge < -0.3 is 21.5 Å². The van der Waals surface area contributed by atoms with Crippen molar-refractivity contribution in [2.24, 2.45) is 5.73 Å². The Kier molecular flexibility index (Phi) is 3.91. The molecule has 2 aromatic rings. The number of methoxy groups -OCH3 is 1. The van der Waals surface area contributed by atoms with Crippen molar-refractivity contribution in [2.75, 3.05) is 12.8 Å². The third-order valence-corrected chi connectivity index (χ3v) is 4.45. The van der Waals surface area contributed by atoms with Crippen LogP contribution in [-0.2, 0) is 11.8 Å². The number of nitrogens with two attached hydrogens (primary N) is 2. The van der Waals surface area contributed by atoms with Gasteiger partial charge in [-0.15, -0.1) is 0 Å². The van der Waals surface area contributed by atoms with Gasteiger partial charge >= 0.3 is 6.18 Å². The van der Waals surface area contributed by atoms with Gasteiger partial charge in [-0.25, -0.2) is 0 Å². The summed E-state index contributed by atoms with van der Waals surface area (Å²) in [4.78, 5) is 0. The summed E-state index contributed by atoms with van der Waals surface area (Å²) in [7, 11) is 1.20. The summed E-state index contributed by atoms with van der Waals surface area (Å²) in [5.41, 5.74) is 13.4. The van der Waals surface area contributed by atoms with Gasteiger partial charge in [-0.2, -0.15) is 13.2 Å². The maximum atomic E-state index is 13.3. The van der Waals surface area contributed by atoms with E-state index in [1.807, 2.05) is 6.92 Å². The highest BCUT2D eigenvalue weighted by molar-refractivity contribution is 5.74. The van der Waals surface area contributed by atoms with Crippen molar-refractivity contribution in [3.8, 4) is 5.75 Å². The minimum atomic E-state index is -4.56.